The highest BCUT2D eigenvalue weighted by molar-refractivity contribution is 5.89. The van der Waals surface area contributed by atoms with Crippen LogP contribution in [0.1, 0.15) is 47.0 Å². The average molecular weight is 270 g/mol. The Morgan fingerprint density at radius 3 is 2.53 bits per heavy atom. The van der Waals surface area contributed by atoms with Gasteiger partial charge in [-0.25, -0.2) is 0 Å². The summed E-state index contributed by atoms with van der Waals surface area (Å²) in [5.41, 5.74) is -0.547. The Bertz CT molecular complexity index is 323. The van der Waals surface area contributed by atoms with Crippen molar-refractivity contribution >= 4 is 11.9 Å². The molecule has 0 aromatic heterocycles. The van der Waals surface area contributed by atoms with Gasteiger partial charge in [-0.15, -0.1) is 0 Å². The number of piperidine rings is 1. The molecule has 19 heavy (non-hydrogen) atoms. The number of nitrogens with one attached hydrogen (secondary N) is 1. The van der Waals surface area contributed by atoms with E-state index in [1.54, 1.807) is 11.8 Å². The highest BCUT2D eigenvalue weighted by atomic mass is 16.5. The average Bonchev–Trinajstić information content (AvgIpc) is 2.36. The minimum Gasteiger partial charge on any atom is -0.465 e. The SMILES string of the molecule is CCOC(=O)CN(C(=O)C1(C)CCCCN1)C(C)C. The topological polar surface area (TPSA) is 58.6 Å². The third-order valence-corrected chi connectivity index (χ3v) is 3.58. The summed E-state index contributed by atoms with van der Waals surface area (Å²) < 4.78 is 4.94. The van der Waals surface area contributed by atoms with Gasteiger partial charge in [0.05, 0.1) is 12.1 Å². The zero-order chi connectivity index (χ0) is 14.5. The number of amides is 1. The molecule has 1 unspecified atom stereocenters. The Kier molecular flexibility index (Phi) is 5.79. The van der Waals surface area contributed by atoms with Crippen LogP contribution in [0.5, 0.6) is 0 Å². The third kappa shape index (κ3) is 4.20. The lowest BCUT2D eigenvalue weighted by molar-refractivity contribution is -0.152. The van der Waals surface area contributed by atoms with Crippen LogP contribution in [-0.4, -0.2) is 48.1 Å². The van der Waals surface area contributed by atoms with Crippen molar-refractivity contribution < 1.29 is 14.3 Å². The zero-order valence-electron chi connectivity index (χ0n) is 12.5. The predicted molar refractivity (Wildman–Crippen MR) is 73.7 cm³/mol. The van der Waals surface area contributed by atoms with E-state index in [4.69, 9.17) is 4.74 Å². The van der Waals surface area contributed by atoms with Gasteiger partial charge in [-0.3, -0.25) is 9.59 Å². The Morgan fingerprint density at radius 1 is 1.37 bits per heavy atom. The molecule has 0 saturated carbocycles. The first-order valence-electron chi connectivity index (χ1n) is 7.12. The third-order valence-electron chi connectivity index (χ3n) is 3.58. The van der Waals surface area contributed by atoms with Crippen LogP contribution in [0.2, 0.25) is 0 Å². The Morgan fingerprint density at radius 2 is 2.05 bits per heavy atom. The van der Waals surface area contributed by atoms with Gasteiger partial charge < -0.3 is 15.0 Å². The second-order valence-corrected chi connectivity index (χ2v) is 5.55. The summed E-state index contributed by atoms with van der Waals surface area (Å²) in [4.78, 5) is 25.9. The molecule has 1 aliphatic rings. The molecule has 0 spiro atoms. The molecule has 110 valence electrons. The maximum absolute atomic E-state index is 12.7. The number of esters is 1. The van der Waals surface area contributed by atoms with E-state index in [0.29, 0.717) is 6.61 Å². The van der Waals surface area contributed by atoms with Gasteiger partial charge in [0.25, 0.3) is 0 Å². The van der Waals surface area contributed by atoms with Crippen LogP contribution in [0.25, 0.3) is 0 Å². The Balaban J connectivity index is 2.74. The summed E-state index contributed by atoms with van der Waals surface area (Å²) in [6, 6.07) is -0.0162. The number of hydrogen-bond donors (Lipinski definition) is 1. The molecule has 0 aliphatic carbocycles. The van der Waals surface area contributed by atoms with Gasteiger partial charge in [0.2, 0.25) is 5.91 Å². The number of ether oxygens (including phenoxy) is 1. The quantitative estimate of drug-likeness (QED) is 0.765. The number of carbonyl (C=O) groups is 2. The van der Waals surface area contributed by atoms with Gasteiger partial charge in [-0.2, -0.15) is 0 Å². The van der Waals surface area contributed by atoms with Crippen molar-refractivity contribution in [3.05, 3.63) is 0 Å². The maximum atomic E-state index is 12.7. The van der Waals surface area contributed by atoms with Crippen molar-refractivity contribution in [3.63, 3.8) is 0 Å². The summed E-state index contributed by atoms with van der Waals surface area (Å²) in [6.07, 6.45) is 2.96. The molecule has 0 bridgehead atoms. The molecule has 1 N–H and O–H groups in total. The molecule has 1 fully saturated rings. The van der Waals surface area contributed by atoms with Crippen molar-refractivity contribution in [2.24, 2.45) is 0 Å². The minimum absolute atomic E-state index is 0.00440. The molecule has 0 aromatic rings. The summed E-state index contributed by atoms with van der Waals surface area (Å²) in [5, 5.41) is 3.29. The summed E-state index contributed by atoms with van der Waals surface area (Å²) in [7, 11) is 0. The van der Waals surface area contributed by atoms with Gasteiger partial charge in [-0.1, -0.05) is 0 Å². The molecule has 5 nitrogen and oxygen atoms in total. The van der Waals surface area contributed by atoms with E-state index < -0.39 is 5.54 Å². The molecule has 1 atom stereocenters. The van der Waals surface area contributed by atoms with E-state index in [1.165, 1.54) is 0 Å². The van der Waals surface area contributed by atoms with E-state index in [-0.39, 0.29) is 24.5 Å². The predicted octanol–water partition coefficient (Wildman–Crippen LogP) is 1.32. The molecule has 0 aromatic carbocycles. The van der Waals surface area contributed by atoms with E-state index in [1.807, 2.05) is 20.8 Å². The van der Waals surface area contributed by atoms with Gasteiger partial charge in [0.15, 0.2) is 0 Å². The van der Waals surface area contributed by atoms with Crippen molar-refractivity contribution in [1.82, 2.24) is 10.2 Å². The van der Waals surface area contributed by atoms with Gasteiger partial charge in [0, 0.05) is 6.04 Å². The van der Waals surface area contributed by atoms with Crippen LogP contribution in [0.4, 0.5) is 0 Å². The van der Waals surface area contributed by atoms with Gasteiger partial charge in [-0.05, 0) is 53.5 Å². The largest absolute Gasteiger partial charge is 0.465 e. The van der Waals surface area contributed by atoms with Crippen LogP contribution >= 0.6 is 0 Å². The van der Waals surface area contributed by atoms with Gasteiger partial charge >= 0.3 is 5.97 Å². The number of rotatable bonds is 5. The van der Waals surface area contributed by atoms with E-state index in [0.717, 1.165) is 25.8 Å². The zero-order valence-corrected chi connectivity index (χ0v) is 12.5. The van der Waals surface area contributed by atoms with Crippen LogP contribution in [0.15, 0.2) is 0 Å². The molecule has 1 rings (SSSR count). The van der Waals surface area contributed by atoms with Crippen molar-refractivity contribution in [3.8, 4) is 0 Å². The molecular weight excluding hydrogens is 244 g/mol. The second-order valence-electron chi connectivity index (χ2n) is 5.55. The first-order chi connectivity index (χ1) is 8.90. The first kappa shape index (κ1) is 16.0. The van der Waals surface area contributed by atoms with Crippen molar-refractivity contribution in [1.29, 1.82) is 0 Å². The van der Waals surface area contributed by atoms with Crippen molar-refractivity contribution in [2.45, 2.75) is 58.5 Å². The normalized spacial score (nSPS) is 23.2. The number of nitrogens with zero attached hydrogens (tertiary/aromatic N) is 1. The monoisotopic (exact) mass is 270 g/mol. The van der Waals surface area contributed by atoms with E-state index in [2.05, 4.69) is 5.32 Å². The fourth-order valence-electron chi connectivity index (χ4n) is 2.39. The molecule has 1 saturated heterocycles. The minimum atomic E-state index is -0.547. The fraction of sp³-hybridized carbons (Fsp3) is 0.857. The van der Waals surface area contributed by atoms with Crippen LogP contribution in [0.3, 0.4) is 0 Å². The van der Waals surface area contributed by atoms with Crippen LogP contribution in [-0.2, 0) is 14.3 Å². The molecule has 5 heteroatoms. The van der Waals surface area contributed by atoms with E-state index >= 15 is 0 Å². The standard InChI is InChI=1S/C14H26N2O3/c1-5-19-12(17)10-16(11(2)3)13(18)14(4)8-6-7-9-15-14/h11,15H,5-10H2,1-4H3. The van der Waals surface area contributed by atoms with E-state index in [9.17, 15) is 9.59 Å². The fourth-order valence-corrected chi connectivity index (χ4v) is 2.39. The number of carbonyl (C=O) groups excluding carboxylic acids is 2. The maximum Gasteiger partial charge on any atom is 0.325 e. The molecule has 1 heterocycles. The summed E-state index contributed by atoms with van der Waals surface area (Å²) in [6.45, 7) is 8.76. The lowest BCUT2D eigenvalue weighted by Crippen LogP contribution is -2.60. The summed E-state index contributed by atoms with van der Waals surface area (Å²) in [5.74, 6) is -0.348. The smallest absolute Gasteiger partial charge is 0.325 e. The van der Waals surface area contributed by atoms with Crippen molar-refractivity contribution in [2.75, 3.05) is 19.7 Å². The molecule has 1 aliphatic heterocycles. The summed E-state index contributed by atoms with van der Waals surface area (Å²) >= 11 is 0. The van der Waals surface area contributed by atoms with Gasteiger partial charge in [0.1, 0.15) is 6.54 Å². The Hall–Kier alpha value is -1.10. The molecule has 0 radical (unpaired) electrons. The van der Waals surface area contributed by atoms with Crippen LogP contribution < -0.4 is 5.32 Å². The Labute approximate surface area is 115 Å². The molecule has 1 amide bonds. The molecular formula is C14H26N2O3. The first-order valence-corrected chi connectivity index (χ1v) is 7.12. The lowest BCUT2D eigenvalue weighted by Gasteiger charge is -2.39. The lowest BCUT2D eigenvalue weighted by atomic mass is 9.89. The highest BCUT2D eigenvalue weighted by Crippen LogP contribution is 2.22. The second kappa shape index (κ2) is 6.89. The highest BCUT2D eigenvalue weighted by Gasteiger charge is 2.38. The van der Waals surface area contributed by atoms with Crippen LogP contribution in [0, 0.1) is 0 Å². The number of hydrogen-bond acceptors (Lipinski definition) is 4.